The molecule has 19 heavy (non-hydrogen) atoms. The van der Waals surface area contributed by atoms with Crippen molar-refractivity contribution in [1.82, 2.24) is 9.78 Å². The number of nitrogens with zero attached hydrogens (tertiary/aromatic N) is 2. The van der Waals surface area contributed by atoms with Crippen LogP contribution < -0.4 is 0 Å². The summed E-state index contributed by atoms with van der Waals surface area (Å²) in [5.41, 5.74) is 0.844. The molecule has 0 radical (unpaired) electrons. The van der Waals surface area contributed by atoms with E-state index in [1.807, 2.05) is 0 Å². The highest BCUT2D eigenvalue weighted by Crippen LogP contribution is 2.23. The van der Waals surface area contributed by atoms with Gasteiger partial charge in [0.25, 0.3) is 0 Å². The van der Waals surface area contributed by atoms with E-state index in [1.165, 1.54) is 35.9 Å². The third kappa shape index (κ3) is 2.30. The van der Waals surface area contributed by atoms with Crippen molar-refractivity contribution >= 4 is 23.5 Å². The van der Waals surface area contributed by atoms with Gasteiger partial charge in [-0.25, -0.2) is 14.3 Å². The highest BCUT2D eigenvalue weighted by atomic mass is 35.5. The molecule has 0 fully saturated rings. The summed E-state index contributed by atoms with van der Waals surface area (Å²) in [7, 11) is 0. The maximum absolute atomic E-state index is 11.0. The van der Waals surface area contributed by atoms with Crippen LogP contribution in [0.15, 0.2) is 24.3 Å². The molecule has 2 rings (SSSR count). The average molecular weight is 281 g/mol. The van der Waals surface area contributed by atoms with Crippen LogP contribution in [-0.4, -0.2) is 31.9 Å². The first-order chi connectivity index (χ1) is 8.91. The van der Waals surface area contributed by atoms with E-state index in [0.29, 0.717) is 11.4 Å². The van der Waals surface area contributed by atoms with E-state index in [1.54, 1.807) is 0 Å². The van der Waals surface area contributed by atoms with Crippen molar-refractivity contribution in [2.75, 3.05) is 0 Å². The Bertz CT molecular complexity index is 661. The van der Waals surface area contributed by atoms with Crippen LogP contribution in [0.5, 0.6) is 0 Å². The number of hydrogen-bond acceptors (Lipinski definition) is 3. The van der Waals surface area contributed by atoms with Crippen molar-refractivity contribution in [1.29, 1.82) is 0 Å². The minimum Gasteiger partial charge on any atom is -0.478 e. The van der Waals surface area contributed by atoms with Gasteiger partial charge in [0.05, 0.1) is 16.9 Å². The number of aromatic carboxylic acids is 2. The van der Waals surface area contributed by atoms with E-state index in [-0.39, 0.29) is 16.3 Å². The Morgan fingerprint density at radius 3 is 2.16 bits per heavy atom. The maximum Gasteiger partial charge on any atom is 0.340 e. The molecule has 1 aromatic heterocycles. The van der Waals surface area contributed by atoms with Gasteiger partial charge < -0.3 is 10.2 Å². The van der Waals surface area contributed by atoms with Gasteiger partial charge in [0.2, 0.25) is 0 Å². The molecule has 0 spiro atoms. The Hall–Kier alpha value is -2.34. The Kier molecular flexibility index (Phi) is 3.26. The smallest absolute Gasteiger partial charge is 0.340 e. The van der Waals surface area contributed by atoms with E-state index in [9.17, 15) is 9.59 Å². The molecule has 98 valence electrons. The summed E-state index contributed by atoms with van der Waals surface area (Å²) in [6.45, 7) is 1.54. The van der Waals surface area contributed by atoms with Crippen molar-refractivity contribution in [3.8, 4) is 5.69 Å². The van der Waals surface area contributed by atoms with Gasteiger partial charge in [-0.15, -0.1) is 0 Å². The Morgan fingerprint density at radius 1 is 1.16 bits per heavy atom. The van der Waals surface area contributed by atoms with Gasteiger partial charge in [0.15, 0.2) is 0 Å². The number of carbonyl (C=O) groups is 2. The summed E-state index contributed by atoms with van der Waals surface area (Å²) >= 11 is 5.96. The molecule has 0 aliphatic rings. The number of benzene rings is 1. The summed E-state index contributed by atoms with van der Waals surface area (Å²) in [6.07, 6.45) is 0. The molecule has 6 nitrogen and oxygen atoms in total. The lowest BCUT2D eigenvalue weighted by atomic mass is 10.2. The number of hydrogen-bond donors (Lipinski definition) is 2. The lowest BCUT2D eigenvalue weighted by Gasteiger charge is -2.03. The molecule has 0 unspecified atom stereocenters. The number of halogens is 1. The van der Waals surface area contributed by atoms with Crippen molar-refractivity contribution in [3.05, 3.63) is 46.2 Å². The quantitative estimate of drug-likeness (QED) is 0.899. The molecular weight excluding hydrogens is 272 g/mol. The molecule has 0 bridgehead atoms. The summed E-state index contributed by atoms with van der Waals surface area (Å²) < 4.78 is 1.26. The van der Waals surface area contributed by atoms with Gasteiger partial charge in [-0.1, -0.05) is 11.6 Å². The summed E-state index contributed by atoms with van der Waals surface area (Å²) in [5.74, 6) is -2.20. The minimum absolute atomic E-state index is 0.0203. The number of aryl methyl sites for hydroxylation is 1. The molecule has 0 atom stereocenters. The van der Waals surface area contributed by atoms with E-state index in [0.717, 1.165) is 0 Å². The van der Waals surface area contributed by atoms with Gasteiger partial charge in [-0.05, 0) is 31.2 Å². The van der Waals surface area contributed by atoms with Crippen LogP contribution >= 0.6 is 11.6 Å². The van der Waals surface area contributed by atoms with Crippen LogP contribution in [0.4, 0.5) is 0 Å². The Balaban J connectivity index is 2.51. The Labute approximate surface area is 112 Å². The third-order valence-corrected chi connectivity index (χ3v) is 2.93. The first-order valence-electron chi connectivity index (χ1n) is 5.24. The predicted molar refractivity (Wildman–Crippen MR) is 67.2 cm³/mol. The molecule has 0 amide bonds. The van der Waals surface area contributed by atoms with Crippen LogP contribution in [0.25, 0.3) is 5.69 Å². The number of carboxylic acids is 2. The molecule has 0 aliphatic carbocycles. The predicted octanol–water partition coefficient (Wildman–Crippen LogP) is 2.23. The number of carboxylic acid groups (broad SMARTS) is 2. The third-order valence-electron chi connectivity index (χ3n) is 2.58. The SMILES string of the molecule is Cc1nn(-c2ccc(C(=O)O)cc2)c(Cl)c1C(=O)O. The van der Waals surface area contributed by atoms with E-state index in [4.69, 9.17) is 21.8 Å². The second kappa shape index (κ2) is 4.74. The second-order valence-electron chi connectivity index (χ2n) is 3.82. The minimum atomic E-state index is -1.16. The van der Waals surface area contributed by atoms with Crippen molar-refractivity contribution in [2.24, 2.45) is 0 Å². The molecule has 0 saturated heterocycles. The first-order valence-corrected chi connectivity index (χ1v) is 5.61. The molecule has 0 saturated carbocycles. The van der Waals surface area contributed by atoms with Crippen LogP contribution in [0.1, 0.15) is 26.4 Å². The lowest BCUT2D eigenvalue weighted by molar-refractivity contribution is 0.0685. The van der Waals surface area contributed by atoms with Gasteiger partial charge in [-0.2, -0.15) is 5.10 Å². The second-order valence-corrected chi connectivity index (χ2v) is 4.18. The van der Waals surface area contributed by atoms with E-state index >= 15 is 0 Å². The topological polar surface area (TPSA) is 92.4 Å². The van der Waals surface area contributed by atoms with Crippen molar-refractivity contribution in [3.63, 3.8) is 0 Å². The molecule has 2 N–H and O–H groups in total. The zero-order valence-electron chi connectivity index (χ0n) is 9.79. The van der Waals surface area contributed by atoms with Gasteiger partial charge in [-0.3, -0.25) is 0 Å². The standard InChI is InChI=1S/C12H9ClN2O4/c1-6-9(12(18)19)10(13)15(14-6)8-4-2-7(3-5-8)11(16)17/h2-5H,1H3,(H,16,17)(H,18,19). The van der Waals surface area contributed by atoms with Gasteiger partial charge >= 0.3 is 11.9 Å². The lowest BCUT2D eigenvalue weighted by Crippen LogP contribution is -2.01. The molecule has 7 heteroatoms. The van der Waals surface area contributed by atoms with Crippen molar-refractivity contribution in [2.45, 2.75) is 6.92 Å². The molecule has 1 aromatic carbocycles. The molecule has 1 heterocycles. The van der Waals surface area contributed by atoms with E-state index in [2.05, 4.69) is 5.10 Å². The molecular formula is C12H9ClN2O4. The summed E-state index contributed by atoms with van der Waals surface area (Å²) in [5, 5.41) is 21.8. The van der Waals surface area contributed by atoms with Crippen LogP contribution in [0.2, 0.25) is 5.15 Å². The van der Waals surface area contributed by atoms with Crippen LogP contribution in [0.3, 0.4) is 0 Å². The highest BCUT2D eigenvalue weighted by molar-refractivity contribution is 6.32. The first kappa shape index (κ1) is 13.1. The summed E-state index contributed by atoms with van der Waals surface area (Å²) in [4.78, 5) is 21.8. The van der Waals surface area contributed by atoms with Crippen LogP contribution in [-0.2, 0) is 0 Å². The largest absolute Gasteiger partial charge is 0.478 e. The Morgan fingerprint density at radius 2 is 1.74 bits per heavy atom. The average Bonchev–Trinajstić information content (AvgIpc) is 2.65. The fourth-order valence-electron chi connectivity index (χ4n) is 1.66. The van der Waals surface area contributed by atoms with Gasteiger partial charge in [0, 0.05) is 0 Å². The van der Waals surface area contributed by atoms with Crippen LogP contribution in [0, 0.1) is 6.92 Å². The number of aromatic nitrogens is 2. The zero-order valence-corrected chi connectivity index (χ0v) is 10.5. The monoisotopic (exact) mass is 280 g/mol. The van der Waals surface area contributed by atoms with Gasteiger partial charge in [0.1, 0.15) is 10.7 Å². The molecule has 0 aliphatic heterocycles. The fraction of sp³-hybridized carbons (Fsp3) is 0.0833. The zero-order chi connectivity index (χ0) is 14.2. The fourth-order valence-corrected chi connectivity index (χ4v) is 2.01. The summed E-state index contributed by atoms with van der Waals surface area (Å²) in [6, 6.07) is 5.80. The normalized spacial score (nSPS) is 10.4. The maximum atomic E-state index is 11.0. The van der Waals surface area contributed by atoms with Crippen molar-refractivity contribution < 1.29 is 19.8 Å². The molecule has 2 aromatic rings. The van der Waals surface area contributed by atoms with E-state index < -0.39 is 11.9 Å². The highest BCUT2D eigenvalue weighted by Gasteiger charge is 2.20. The number of rotatable bonds is 3.